The minimum atomic E-state index is 0.366. The van der Waals surface area contributed by atoms with E-state index in [0.29, 0.717) is 24.7 Å². The van der Waals surface area contributed by atoms with E-state index in [-0.39, 0.29) is 0 Å². The number of piperidine rings is 1. The fraction of sp³-hybridized carbons (Fsp3) is 0.290. The fourth-order valence-corrected chi connectivity index (χ4v) is 5.83. The quantitative estimate of drug-likeness (QED) is 0.393. The van der Waals surface area contributed by atoms with E-state index in [4.69, 9.17) is 24.7 Å². The summed E-state index contributed by atoms with van der Waals surface area (Å²) in [5.41, 5.74) is 8.26. The highest BCUT2D eigenvalue weighted by Crippen LogP contribution is 2.39. The Morgan fingerprint density at radius 1 is 0.974 bits per heavy atom. The number of ether oxygens (including phenoxy) is 2. The second kappa shape index (κ2) is 9.59. The Bertz CT molecular complexity index is 1620. The maximum Gasteiger partial charge on any atom is 0.162 e. The Morgan fingerprint density at radius 3 is 2.54 bits per heavy atom. The number of nitriles is 1. The van der Waals surface area contributed by atoms with Crippen molar-refractivity contribution in [2.45, 2.75) is 32.1 Å². The average Bonchev–Trinajstić information content (AvgIpc) is 3.61. The highest BCUT2D eigenvalue weighted by Gasteiger charge is 2.28. The van der Waals surface area contributed by atoms with Gasteiger partial charge in [0.1, 0.15) is 31.2 Å². The summed E-state index contributed by atoms with van der Waals surface area (Å²) in [6, 6.07) is 16.0. The van der Waals surface area contributed by atoms with Crippen LogP contribution in [0.5, 0.6) is 11.5 Å². The first-order valence-electron chi connectivity index (χ1n) is 13.4. The smallest absolute Gasteiger partial charge is 0.162 e. The van der Waals surface area contributed by atoms with Crippen LogP contribution in [0.2, 0.25) is 0 Å². The van der Waals surface area contributed by atoms with Gasteiger partial charge in [0.15, 0.2) is 11.5 Å². The summed E-state index contributed by atoms with van der Waals surface area (Å²) in [6.07, 6.45) is 6.68. The predicted molar refractivity (Wildman–Crippen MR) is 149 cm³/mol. The number of aromatic amines is 1. The number of anilines is 1. The number of allylic oxidation sites excluding steroid dienone is 1. The molecule has 0 saturated carbocycles. The van der Waals surface area contributed by atoms with E-state index in [1.54, 1.807) is 6.33 Å². The summed E-state index contributed by atoms with van der Waals surface area (Å²) in [7, 11) is 0. The Kier molecular flexibility index (Phi) is 5.77. The third kappa shape index (κ3) is 4.30. The number of benzene rings is 2. The highest BCUT2D eigenvalue weighted by molar-refractivity contribution is 5.91. The molecule has 194 valence electrons. The van der Waals surface area contributed by atoms with Gasteiger partial charge in [0, 0.05) is 42.2 Å². The largest absolute Gasteiger partial charge is 0.486 e. The van der Waals surface area contributed by atoms with Gasteiger partial charge in [-0.25, -0.2) is 15.0 Å². The summed E-state index contributed by atoms with van der Waals surface area (Å²) >= 11 is 0. The highest BCUT2D eigenvalue weighted by atomic mass is 16.6. The molecule has 1 fully saturated rings. The maximum atomic E-state index is 9.11. The van der Waals surface area contributed by atoms with Gasteiger partial charge in [-0.3, -0.25) is 0 Å². The number of H-pyrrole nitrogens is 1. The molecule has 2 aliphatic heterocycles. The van der Waals surface area contributed by atoms with Gasteiger partial charge in [-0.2, -0.15) is 5.26 Å². The number of imidazole rings is 1. The zero-order valence-electron chi connectivity index (χ0n) is 21.8. The van der Waals surface area contributed by atoms with E-state index in [0.717, 1.165) is 89.3 Å². The minimum absolute atomic E-state index is 0.366. The third-order valence-electron chi connectivity index (χ3n) is 7.91. The van der Waals surface area contributed by atoms with Crippen LogP contribution < -0.4 is 14.4 Å². The number of aryl methyl sites for hydroxylation is 1. The summed E-state index contributed by atoms with van der Waals surface area (Å²) in [5.74, 6) is 4.00. The summed E-state index contributed by atoms with van der Waals surface area (Å²) in [5, 5.41) is 9.11. The van der Waals surface area contributed by atoms with E-state index in [2.05, 4.69) is 40.0 Å². The summed E-state index contributed by atoms with van der Waals surface area (Å²) < 4.78 is 11.5. The van der Waals surface area contributed by atoms with Crippen LogP contribution in [0, 0.1) is 18.3 Å². The molecule has 4 aromatic rings. The molecule has 0 bridgehead atoms. The first-order chi connectivity index (χ1) is 19.2. The van der Waals surface area contributed by atoms with Gasteiger partial charge in [-0.1, -0.05) is 12.1 Å². The number of hydrogen-bond donors (Lipinski definition) is 1. The van der Waals surface area contributed by atoms with Crippen molar-refractivity contribution in [1.82, 2.24) is 19.9 Å². The van der Waals surface area contributed by atoms with Crippen LogP contribution in [0.1, 0.15) is 52.7 Å². The molecule has 1 aliphatic carbocycles. The number of rotatable bonds is 4. The monoisotopic (exact) mass is 516 g/mol. The molecule has 8 nitrogen and oxygen atoms in total. The number of nitrogens with one attached hydrogen (secondary N) is 1. The fourth-order valence-electron chi connectivity index (χ4n) is 5.83. The van der Waals surface area contributed by atoms with Crippen LogP contribution in [0.3, 0.4) is 0 Å². The Labute approximate surface area is 227 Å². The molecule has 0 unspecified atom stereocenters. The van der Waals surface area contributed by atoms with Crippen molar-refractivity contribution in [2.75, 3.05) is 31.2 Å². The van der Waals surface area contributed by atoms with Crippen LogP contribution in [0.25, 0.3) is 22.9 Å². The molecule has 2 aromatic heterocycles. The molecular weight excluding hydrogens is 488 g/mol. The third-order valence-corrected chi connectivity index (χ3v) is 7.91. The lowest BCUT2D eigenvalue weighted by molar-refractivity contribution is 0.171. The first kappa shape index (κ1) is 23.5. The predicted octanol–water partition coefficient (Wildman–Crippen LogP) is 5.30. The molecule has 3 aliphatic rings. The van der Waals surface area contributed by atoms with E-state index in [1.165, 1.54) is 5.57 Å². The molecule has 1 N–H and O–H groups in total. The van der Waals surface area contributed by atoms with Crippen molar-refractivity contribution in [3.8, 4) is 28.8 Å². The summed E-state index contributed by atoms with van der Waals surface area (Å²) in [4.78, 5) is 20.3. The van der Waals surface area contributed by atoms with Crippen molar-refractivity contribution in [1.29, 1.82) is 5.26 Å². The van der Waals surface area contributed by atoms with Gasteiger partial charge in [-0.15, -0.1) is 0 Å². The number of fused-ring (bicyclic) bond motifs is 2. The van der Waals surface area contributed by atoms with Crippen LogP contribution in [-0.4, -0.2) is 46.2 Å². The molecule has 2 aromatic carbocycles. The number of hydrogen-bond acceptors (Lipinski definition) is 7. The standard InChI is InChI=1S/C31H28N6O2/c1-19-29(23-6-7-27-28(16-23)39-13-12-38-27)36-30(35-19)22-8-10-37(11-9-22)31-25-14-24(15-26(25)33-18-34-31)21-4-2-20(17-32)3-5-21/h2-7,14,16,18,22H,8-13,15H2,1H3,(H,35,36). The molecule has 7 rings (SSSR count). The first-order valence-corrected chi connectivity index (χ1v) is 13.4. The number of aromatic nitrogens is 4. The normalized spacial score (nSPS) is 16.5. The number of nitrogens with zero attached hydrogens (tertiary/aromatic N) is 5. The minimum Gasteiger partial charge on any atom is -0.486 e. The van der Waals surface area contributed by atoms with Crippen LogP contribution in [0.4, 0.5) is 5.82 Å². The second-order valence-electron chi connectivity index (χ2n) is 10.3. The van der Waals surface area contributed by atoms with Crippen molar-refractivity contribution >= 4 is 17.5 Å². The second-order valence-corrected chi connectivity index (χ2v) is 10.3. The molecular formula is C31H28N6O2. The molecule has 4 heterocycles. The lowest BCUT2D eigenvalue weighted by Gasteiger charge is -2.32. The molecule has 1 saturated heterocycles. The van der Waals surface area contributed by atoms with Gasteiger partial charge in [0.2, 0.25) is 0 Å². The van der Waals surface area contributed by atoms with Crippen molar-refractivity contribution in [2.24, 2.45) is 0 Å². The maximum absolute atomic E-state index is 9.11. The van der Waals surface area contributed by atoms with Gasteiger partial charge < -0.3 is 19.4 Å². The molecule has 0 amide bonds. The molecule has 0 atom stereocenters. The molecule has 0 radical (unpaired) electrons. The Morgan fingerprint density at radius 2 is 1.74 bits per heavy atom. The van der Waals surface area contributed by atoms with Crippen molar-refractivity contribution < 1.29 is 9.47 Å². The van der Waals surface area contributed by atoms with Gasteiger partial charge in [0.05, 0.1) is 23.0 Å². The molecule has 8 heteroatoms. The zero-order valence-corrected chi connectivity index (χ0v) is 21.8. The Hall–Kier alpha value is -4.64. The van der Waals surface area contributed by atoms with Crippen molar-refractivity contribution in [3.63, 3.8) is 0 Å². The van der Waals surface area contributed by atoms with Gasteiger partial charge in [0.25, 0.3) is 0 Å². The molecule has 39 heavy (non-hydrogen) atoms. The van der Waals surface area contributed by atoms with Crippen LogP contribution in [-0.2, 0) is 6.42 Å². The van der Waals surface area contributed by atoms with E-state index >= 15 is 0 Å². The van der Waals surface area contributed by atoms with E-state index in [1.807, 2.05) is 36.4 Å². The van der Waals surface area contributed by atoms with Crippen LogP contribution in [0.15, 0.2) is 48.8 Å². The van der Waals surface area contributed by atoms with Crippen molar-refractivity contribution in [3.05, 3.63) is 82.7 Å². The lowest BCUT2D eigenvalue weighted by Crippen LogP contribution is -2.34. The topological polar surface area (TPSA) is 100.0 Å². The lowest BCUT2D eigenvalue weighted by atomic mass is 9.96. The van der Waals surface area contributed by atoms with Crippen LogP contribution >= 0.6 is 0 Å². The summed E-state index contributed by atoms with van der Waals surface area (Å²) in [6.45, 7) is 5.06. The average molecular weight is 517 g/mol. The van der Waals surface area contributed by atoms with Gasteiger partial charge >= 0.3 is 0 Å². The van der Waals surface area contributed by atoms with Gasteiger partial charge in [-0.05, 0) is 67.3 Å². The van der Waals surface area contributed by atoms with E-state index in [9.17, 15) is 0 Å². The Balaban J connectivity index is 1.07. The SMILES string of the molecule is Cc1[nH]c(C2CCN(c3ncnc4c3C=C(c3ccc(C#N)cc3)C4)CC2)nc1-c1ccc2c(c1)OCCO2. The zero-order chi connectivity index (χ0) is 26.3. The van der Waals surface area contributed by atoms with E-state index < -0.39 is 0 Å². The molecule has 0 spiro atoms.